The number of nitrogens with two attached hydrogens (primary N) is 1. The van der Waals surface area contributed by atoms with E-state index in [-0.39, 0.29) is 0 Å². The third kappa shape index (κ3) is 2.15. The molecule has 0 amide bonds. The van der Waals surface area contributed by atoms with E-state index in [4.69, 9.17) is 5.73 Å². The van der Waals surface area contributed by atoms with E-state index < -0.39 is 0 Å². The van der Waals surface area contributed by atoms with Gasteiger partial charge in [0.25, 0.3) is 0 Å². The van der Waals surface area contributed by atoms with Gasteiger partial charge in [-0.1, -0.05) is 42.5 Å². The summed E-state index contributed by atoms with van der Waals surface area (Å²) >= 11 is 1.70. The predicted molar refractivity (Wildman–Crippen MR) is 76.8 cm³/mol. The van der Waals surface area contributed by atoms with Crippen molar-refractivity contribution in [3.8, 4) is 0 Å². The first-order valence-corrected chi connectivity index (χ1v) is 6.79. The fourth-order valence-electron chi connectivity index (χ4n) is 2.13. The number of benzene rings is 2. The fourth-order valence-corrected chi connectivity index (χ4v) is 2.96. The van der Waals surface area contributed by atoms with E-state index in [0.29, 0.717) is 6.54 Å². The highest BCUT2D eigenvalue weighted by atomic mass is 32.1. The van der Waals surface area contributed by atoms with Gasteiger partial charge in [0.05, 0.1) is 5.01 Å². The fraction of sp³-hybridized carbons (Fsp3) is 0.133. The first-order chi connectivity index (χ1) is 8.86. The molecule has 3 heteroatoms. The summed E-state index contributed by atoms with van der Waals surface area (Å²) in [4.78, 5) is 5.57. The van der Waals surface area contributed by atoms with Gasteiger partial charge in [-0.3, -0.25) is 0 Å². The maximum absolute atomic E-state index is 5.62. The zero-order chi connectivity index (χ0) is 12.4. The van der Waals surface area contributed by atoms with Crippen LogP contribution in [0.2, 0.25) is 0 Å². The molecule has 3 rings (SSSR count). The zero-order valence-corrected chi connectivity index (χ0v) is 10.8. The van der Waals surface area contributed by atoms with Crippen molar-refractivity contribution in [3.05, 3.63) is 64.1 Å². The van der Waals surface area contributed by atoms with Crippen LogP contribution in [0.3, 0.4) is 0 Å². The van der Waals surface area contributed by atoms with Gasteiger partial charge in [0.1, 0.15) is 0 Å². The van der Waals surface area contributed by atoms with E-state index in [1.54, 1.807) is 11.3 Å². The SMILES string of the molecule is NCc1cnc(Cc2cccc3ccccc23)s1. The number of aromatic nitrogens is 1. The van der Waals surface area contributed by atoms with Crippen LogP contribution in [0.5, 0.6) is 0 Å². The van der Waals surface area contributed by atoms with Crippen molar-refractivity contribution in [1.82, 2.24) is 4.98 Å². The molecule has 0 unspecified atom stereocenters. The van der Waals surface area contributed by atoms with E-state index in [1.165, 1.54) is 16.3 Å². The van der Waals surface area contributed by atoms with Crippen LogP contribution in [0, 0.1) is 0 Å². The van der Waals surface area contributed by atoms with Gasteiger partial charge in [0, 0.05) is 24.0 Å². The molecule has 0 aliphatic rings. The molecule has 0 aliphatic heterocycles. The minimum atomic E-state index is 0.577. The summed E-state index contributed by atoms with van der Waals surface area (Å²) in [5, 5.41) is 3.72. The molecule has 0 spiro atoms. The number of hydrogen-bond acceptors (Lipinski definition) is 3. The normalized spacial score (nSPS) is 10.9. The van der Waals surface area contributed by atoms with Gasteiger partial charge in [0.2, 0.25) is 0 Å². The molecule has 2 aromatic carbocycles. The highest BCUT2D eigenvalue weighted by Gasteiger charge is 2.05. The molecule has 90 valence electrons. The maximum atomic E-state index is 5.62. The molecule has 0 bridgehead atoms. The van der Waals surface area contributed by atoms with Crippen LogP contribution >= 0.6 is 11.3 Å². The van der Waals surface area contributed by atoms with Gasteiger partial charge in [-0.15, -0.1) is 11.3 Å². The lowest BCUT2D eigenvalue weighted by Crippen LogP contribution is -1.91. The Kier molecular flexibility index (Phi) is 3.09. The molecule has 2 nitrogen and oxygen atoms in total. The minimum absolute atomic E-state index is 0.577. The zero-order valence-electron chi connectivity index (χ0n) is 9.97. The Morgan fingerprint density at radius 1 is 1.06 bits per heavy atom. The molecule has 1 aromatic heterocycles. The van der Waals surface area contributed by atoms with E-state index in [0.717, 1.165) is 16.3 Å². The molecular formula is C15H14N2S. The highest BCUT2D eigenvalue weighted by Crippen LogP contribution is 2.23. The van der Waals surface area contributed by atoms with Crippen LogP contribution in [0.4, 0.5) is 0 Å². The molecular weight excluding hydrogens is 240 g/mol. The summed E-state index contributed by atoms with van der Waals surface area (Å²) in [6.07, 6.45) is 2.76. The molecule has 0 radical (unpaired) electrons. The van der Waals surface area contributed by atoms with Gasteiger partial charge in [-0.2, -0.15) is 0 Å². The summed E-state index contributed by atoms with van der Waals surface area (Å²) < 4.78 is 0. The van der Waals surface area contributed by atoms with Crippen LogP contribution in [0.1, 0.15) is 15.4 Å². The smallest absolute Gasteiger partial charge is 0.0972 e. The second-order valence-corrected chi connectivity index (χ2v) is 5.44. The van der Waals surface area contributed by atoms with Crippen LogP contribution in [0.15, 0.2) is 48.7 Å². The van der Waals surface area contributed by atoms with Gasteiger partial charge in [-0.05, 0) is 16.3 Å². The van der Waals surface area contributed by atoms with Gasteiger partial charge >= 0.3 is 0 Å². The second-order valence-electron chi connectivity index (χ2n) is 4.24. The van der Waals surface area contributed by atoms with Crippen molar-refractivity contribution < 1.29 is 0 Å². The van der Waals surface area contributed by atoms with E-state index in [9.17, 15) is 0 Å². The first-order valence-electron chi connectivity index (χ1n) is 5.97. The average Bonchev–Trinajstić information content (AvgIpc) is 2.87. The molecule has 0 fully saturated rings. The van der Waals surface area contributed by atoms with Gasteiger partial charge < -0.3 is 5.73 Å². The Balaban J connectivity index is 1.99. The molecule has 3 aromatic rings. The van der Waals surface area contributed by atoms with Crippen molar-refractivity contribution in [2.45, 2.75) is 13.0 Å². The second kappa shape index (κ2) is 4.88. The third-order valence-electron chi connectivity index (χ3n) is 3.02. The molecule has 0 saturated heterocycles. The van der Waals surface area contributed by atoms with Gasteiger partial charge in [-0.25, -0.2) is 4.98 Å². The average molecular weight is 254 g/mol. The lowest BCUT2D eigenvalue weighted by Gasteiger charge is -2.04. The molecule has 0 aliphatic carbocycles. The summed E-state index contributed by atoms with van der Waals surface area (Å²) in [7, 11) is 0. The van der Waals surface area contributed by atoms with Crippen molar-refractivity contribution in [3.63, 3.8) is 0 Å². The van der Waals surface area contributed by atoms with Crippen molar-refractivity contribution in [1.29, 1.82) is 0 Å². The number of fused-ring (bicyclic) bond motifs is 1. The standard InChI is InChI=1S/C15H14N2S/c16-9-13-10-17-15(18-13)8-12-6-3-5-11-4-1-2-7-14(11)12/h1-7,10H,8-9,16H2. The molecule has 0 atom stereocenters. The van der Waals surface area contributed by atoms with E-state index in [2.05, 4.69) is 47.4 Å². The van der Waals surface area contributed by atoms with Crippen molar-refractivity contribution in [2.24, 2.45) is 5.73 Å². The lowest BCUT2D eigenvalue weighted by atomic mass is 10.0. The van der Waals surface area contributed by atoms with Crippen LogP contribution in [0.25, 0.3) is 10.8 Å². The maximum Gasteiger partial charge on any atom is 0.0972 e. The Morgan fingerprint density at radius 3 is 2.72 bits per heavy atom. The Bertz CT molecular complexity index is 668. The van der Waals surface area contributed by atoms with E-state index >= 15 is 0 Å². The monoisotopic (exact) mass is 254 g/mol. The summed E-state index contributed by atoms with van der Waals surface area (Å²) in [6.45, 7) is 0.577. The quantitative estimate of drug-likeness (QED) is 0.778. The number of hydrogen-bond donors (Lipinski definition) is 1. The minimum Gasteiger partial charge on any atom is -0.326 e. The predicted octanol–water partition coefficient (Wildman–Crippen LogP) is 3.35. The van der Waals surface area contributed by atoms with Crippen LogP contribution in [-0.4, -0.2) is 4.98 Å². The Labute approximate surface area is 110 Å². The summed E-state index contributed by atoms with van der Waals surface area (Å²) in [5.41, 5.74) is 6.94. The molecule has 1 heterocycles. The largest absolute Gasteiger partial charge is 0.326 e. The van der Waals surface area contributed by atoms with Crippen molar-refractivity contribution >= 4 is 22.1 Å². The first kappa shape index (κ1) is 11.4. The summed E-state index contributed by atoms with van der Waals surface area (Å²) in [6, 6.07) is 14.9. The molecule has 0 saturated carbocycles. The van der Waals surface area contributed by atoms with E-state index in [1.807, 2.05) is 6.20 Å². The van der Waals surface area contributed by atoms with Crippen molar-refractivity contribution in [2.75, 3.05) is 0 Å². The van der Waals surface area contributed by atoms with Crippen LogP contribution < -0.4 is 5.73 Å². The van der Waals surface area contributed by atoms with Gasteiger partial charge in [0.15, 0.2) is 0 Å². The molecule has 18 heavy (non-hydrogen) atoms. The number of thiazole rings is 1. The topological polar surface area (TPSA) is 38.9 Å². The summed E-state index contributed by atoms with van der Waals surface area (Å²) in [5.74, 6) is 0. The van der Waals surface area contributed by atoms with Crippen LogP contribution in [-0.2, 0) is 13.0 Å². The molecule has 2 N–H and O–H groups in total. The third-order valence-corrected chi connectivity index (χ3v) is 4.04. The lowest BCUT2D eigenvalue weighted by molar-refractivity contribution is 1.09. The highest BCUT2D eigenvalue weighted by molar-refractivity contribution is 7.11. The Hall–Kier alpha value is -1.71. The number of rotatable bonds is 3. The number of nitrogens with zero attached hydrogens (tertiary/aromatic N) is 1. The Morgan fingerprint density at radius 2 is 1.89 bits per heavy atom.